The largest absolute Gasteiger partial charge is 0.481 e. The van der Waals surface area contributed by atoms with Crippen LogP contribution < -0.4 is 0 Å². The summed E-state index contributed by atoms with van der Waals surface area (Å²) < 4.78 is 13.2. The van der Waals surface area contributed by atoms with Gasteiger partial charge in [0.05, 0.1) is 5.92 Å². The summed E-state index contributed by atoms with van der Waals surface area (Å²) in [5.74, 6) is -2.00. The van der Waals surface area contributed by atoms with Gasteiger partial charge >= 0.3 is 5.97 Å². The predicted molar refractivity (Wildman–Crippen MR) is 80.8 cm³/mol. The highest BCUT2D eigenvalue weighted by Crippen LogP contribution is 2.26. The number of benzene rings is 1. The Balaban J connectivity index is 2.05. The average molecular weight is 307 g/mol. The van der Waals surface area contributed by atoms with E-state index in [4.69, 9.17) is 0 Å². The lowest BCUT2D eigenvalue weighted by Gasteiger charge is -2.39. The first-order valence-electron chi connectivity index (χ1n) is 7.68. The van der Waals surface area contributed by atoms with Crippen molar-refractivity contribution in [3.05, 3.63) is 35.6 Å². The molecule has 0 saturated carbocycles. The monoisotopic (exact) mass is 307 g/mol. The minimum absolute atomic E-state index is 0.0530. The first kappa shape index (κ1) is 16.5. The highest BCUT2D eigenvalue weighted by atomic mass is 19.1. The van der Waals surface area contributed by atoms with E-state index >= 15 is 0 Å². The number of carboxylic acids is 1. The molecule has 5 heteroatoms. The van der Waals surface area contributed by atoms with Crippen LogP contribution in [0.4, 0.5) is 4.39 Å². The van der Waals surface area contributed by atoms with E-state index in [1.165, 1.54) is 12.1 Å². The fraction of sp³-hybridized carbons (Fsp3) is 0.529. The zero-order valence-electron chi connectivity index (χ0n) is 13.0. The average Bonchev–Trinajstić information content (AvgIpc) is 2.46. The van der Waals surface area contributed by atoms with Gasteiger partial charge in [0.15, 0.2) is 0 Å². The molecule has 1 aliphatic heterocycles. The molecule has 1 saturated heterocycles. The summed E-state index contributed by atoms with van der Waals surface area (Å²) >= 11 is 0. The summed E-state index contributed by atoms with van der Waals surface area (Å²) in [5, 5.41) is 9.23. The molecule has 120 valence electrons. The number of hydrogen-bond donors (Lipinski definition) is 1. The topological polar surface area (TPSA) is 57.6 Å². The quantitative estimate of drug-likeness (QED) is 0.930. The number of likely N-dealkylation sites (tertiary alicyclic amines) is 1. The molecule has 1 heterocycles. The Morgan fingerprint density at radius 3 is 2.82 bits per heavy atom. The fourth-order valence-electron chi connectivity index (χ4n) is 3.17. The molecule has 0 aromatic heterocycles. The molecular formula is C17H22FNO3. The summed E-state index contributed by atoms with van der Waals surface area (Å²) in [6.07, 6.45) is 1.77. The van der Waals surface area contributed by atoms with Crippen LogP contribution in [0.25, 0.3) is 0 Å². The zero-order valence-corrected chi connectivity index (χ0v) is 13.0. The van der Waals surface area contributed by atoms with Gasteiger partial charge in [-0.2, -0.15) is 0 Å². The Morgan fingerprint density at radius 1 is 1.45 bits per heavy atom. The van der Waals surface area contributed by atoms with Crippen LogP contribution in [0.1, 0.15) is 32.3 Å². The van der Waals surface area contributed by atoms with E-state index in [-0.39, 0.29) is 23.7 Å². The molecule has 1 fully saturated rings. The Morgan fingerprint density at radius 2 is 2.18 bits per heavy atom. The molecular weight excluding hydrogens is 285 g/mol. The van der Waals surface area contributed by atoms with Gasteiger partial charge in [-0.1, -0.05) is 19.1 Å². The molecule has 1 amide bonds. The number of rotatable bonds is 4. The molecule has 22 heavy (non-hydrogen) atoms. The third-order valence-corrected chi connectivity index (χ3v) is 4.44. The molecule has 1 unspecified atom stereocenters. The first-order chi connectivity index (χ1) is 10.4. The molecule has 0 bridgehead atoms. The maximum Gasteiger partial charge on any atom is 0.308 e. The number of aliphatic carboxylic acids is 1. The van der Waals surface area contributed by atoms with Gasteiger partial charge < -0.3 is 10.0 Å². The standard InChI is InChI=1S/C17H22FNO3/c1-11(9-13-5-3-6-14(18)10-13)16(20)19-8-4-7-15(12(19)2)17(21)22/h3,5-6,10-12,15H,4,7-9H2,1-2H3,(H,21,22)/t11?,12-,15-/m0/s1. The van der Waals surface area contributed by atoms with Gasteiger partial charge in [0.2, 0.25) is 5.91 Å². The number of halogens is 1. The maximum absolute atomic E-state index is 13.2. The number of piperidine rings is 1. The summed E-state index contributed by atoms with van der Waals surface area (Å²) in [7, 11) is 0. The van der Waals surface area contributed by atoms with E-state index in [0.29, 0.717) is 25.8 Å². The molecule has 3 atom stereocenters. The second kappa shape index (κ2) is 6.90. The summed E-state index contributed by atoms with van der Waals surface area (Å²) in [6, 6.07) is 5.94. The van der Waals surface area contributed by atoms with Crippen LogP contribution in [-0.2, 0) is 16.0 Å². The van der Waals surface area contributed by atoms with Gasteiger partial charge in [-0.15, -0.1) is 0 Å². The summed E-state index contributed by atoms with van der Waals surface area (Å²) in [6.45, 7) is 4.20. The lowest BCUT2D eigenvalue weighted by molar-refractivity contribution is -0.150. The van der Waals surface area contributed by atoms with Crippen LogP contribution in [0.3, 0.4) is 0 Å². The van der Waals surface area contributed by atoms with Gasteiger partial charge in [-0.25, -0.2) is 4.39 Å². The first-order valence-corrected chi connectivity index (χ1v) is 7.68. The highest BCUT2D eigenvalue weighted by Gasteiger charge is 2.36. The van der Waals surface area contributed by atoms with Crippen LogP contribution in [-0.4, -0.2) is 34.5 Å². The molecule has 0 radical (unpaired) electrons. The second-order valence-corrected chi connectivity index (χ2v) is 6.09. The van der Waals surface area contributed by atoms with Crippen molar-refractivity contribution in [2.24, 2.45) is 11.8 Å². The summed E-state index contributed by atoms with van der Waals surface area (Å²) in [5.41, 5.74) is 0.778. The van der Waals surface area contributed by atoms with Crippen molar-refractivity contribution < 1.29 is 19.1 Å². The molecule has 0 aliphatic carbocycles. The van der Waals surface area contributed by atoms with Crippen molar-refractivity contribution in [2.45, 2.75) is 39.2 Å². The molecule has 0 spiro atoms. The highest BCUT2D eigenvalue weighted by molar-refractivity contribution is 5.80. The number of carboxylic acid groups (broad SMARTS) is 1. The molecule has 2 rings (SSSR count). The second-order valence-electron chi connectivity index (χ2n) is 6.09. The molecule has 1 aliphatic rings. The maximum atomic E-state index is 13.2. The normalized spacial score (nSPS) is 23.1. The van der Waals surface area contributed by atoms with Crippen molar-refractivity contribution >= 4 is 11.9 Å². The zero-order chi connectivity index (χ0) is 16.3. The Bertz CT molecular complexity index is 561. The van der Waals surface area contributed by atoms with Crippen LogP contribution in [0.15, 0.2) is 24.3 Å². The summed E-state index contributed by atoms with van der Waals surface area (Å²) in [4.78, 5) is 25.5. The van der Waals surface area contributed by atoms with E-state index in [1.54, 1.807) is 24.0 Å². The van der Waals surface area contributed by atoms with Crippen molar-refractivity contribution in [3.8, 4) is 0 Å². The van der Waals surface area contributed by atoms with Crippen LogP contribution in [0.5, 0.6) is 0 Å². The molecule has 1 N–H and O–H groups in total. The number of hydrogen-bond acceptors (Lipinski definition) is 2. The lowest BCUT2D eigenvalue weighted by Crippen LogP contribution is -2.50. The predicted octanol–water partition coefficient (Wildman–Crippen LogP) is 2.72. The minimum atomic E-state index is -0.845. The third-order valence-electron chi connectivity index (χ3n) is 4.44. The van der Waals surface area contributed by atoms with E-state index < -0.39 is 11.9 Å². The van der Waals surface area contributed by atoms with Gasteiger partial charge in [0, 0.05) is 18.5 Å². The van der Waals surface area contributed by atoms with Gasteiger partial charge in [-0.3, -0.25) is 9.59 Å². The molecule has 1 aromatic rings. The SMILES string of the molecule is CC(Cc1cccc(F)c1)C(=O)N1CCC[C@H](C(=O)O)[C@@H]1C. The van der Waals surface area contributed by atoms with E-state index in [1.807, 2.05) is 6.92 Å². The van der Waals surface area contributed by atoms with E-state index in [9.17, 15) is 19.1 Å². The molecule has 1 aromatic carbocycles. The van der Waals surface area contributed by atoms with E-state index in [2.05, 4.69) is 0 Å². The number of amides is 1. The van der Waals surface area contributed by atoms with E-state index in [0.717, 1.165) is 5.56 Å². The van der Waals surface area contributed by atoms with Crippen molar-refractivity contribution in [1.29, 1.82) is 0 Å². The number of carbonyl (C=O) groups excluding carboxylic acids is 1. The Labute approximate surface area is 129 Å². The Kier molecular flexibility index (Phi) is 5.16. The van der Waals surface area contributed by atoms with Crippen molar-refractivity contribution in [3.63, 3.8) is 0 Å². The molecule has 4 nitrogen and oxygen atoms in total. The van der Waals surface area contributed by atoms with Gasteiger partial charge in [-0.05, 0) is 43.9 Å². The van der Waals surface area contributed by atoms with Crippen LogP contribution >= 0.6 is 0 Å². The van der Waals surface area contributed by atoms with Crippen LogP contribution in [0.2, 0.25) is 0 Å². The van der Waals surface area contributed by atoms with Crippen LogP contribution in [0, 0.1) is 17.7 Å². The third kappa shape index (κ3) is 3.64. The minimum Gasteiger partial charge on any atom is -0.481 e. The smallest absolute Gasteiger partial charge is 0.308 e. The fourth-order valence-corrected chi connectivity index (χ4v) is 3.17. The Hall–Kier alpha value is -1.91. The van der Waals surface area contributed by atoms with Gasteiger partial charge in [0.1, 0.15) is 5.82 Å². The number of carbonyl (C=O) groups is 2. The van der Waals surface area contributed by atoms with Crippen molar-refractivity contribution in [1.82, 2.24) is 4.90 Å². The lowest BCUT2D eigenvalue weighted by atomic mass is 9.88. The van der Waals surface area contributed by atoms with Gasteiger partial charge in [0.25, 0.3) is 0 Å². The number of nitrogens with zero attached hydrogens (tertiary/aromatic N) is 1. The van der Waals surface area contributed by atoms with Crippen molar-refractivity contribution in [2.75, 3.05) is 6.54 Å².